The molecule has 122 valence electrons. The van der Waals surface area contributed by atoms with Gasteiger partial charge in [-0.15, -0.1) is 0 Å². The lowest BCUT2D eigenvalue weighted by Crippen LogP contribution is -2.11. The lowest BCUT2D eigenvalue weighted by Gasteiger charge is -2.15. The van der Waals surface area contributed by atoms with Crippen LogP contribution in [0.4, 0.5) is 11.4 Å². The van der Waals surface area contributed by atoms with E-state index in [0.717, 1.165) is 18.0 Å². The van der Waals surface area contributed by atoms with Crippen molar-refractivity contribution in [3.05, 3.63) is 54.1 Å². The highest BCUT2D eigenvalue weighted by atomic mass is 16.5. The van der Waals surface area contributed by atoms with Crippen LogP contribution in [-0.4, -0.2) is 20.2 Å². The summed E-state index contributed by atoms with van der Waals surface area (Å²) in [6.45, 7) is 0.809. The van der Waals surface area contributed by atoms with Crippen LogP contribution in [0.15, 0.2) is 48.5 Å². The largest absolute Gasteiger partial charge is 0.490 e. The first-order valence-electron chi connectivity index (χ1n) is 8.47. The molecule has 0 saturated heterocycles. The van der Waals surface area contributed by atoms with Crippen LogP contribution in [0.1, 0.15) is 31.2 Å². The number of ether oxygens (including phenoxy) is 1. The van der Waals surface area contributed by atoms with Crippen molar-refractivity contribution in [3.8, 4) is 5.75 Å². The maximum atomic E-state index is 6.08. The quantitative estimate of drug-likeness (QED) is 0.838. The second-order valence-electron chi connectivity index (χ2n) is 6.47. The molecule has 0 unspecified atom stereocenters. The van der Waals surface area contributed by atoms with Crippen LogP contribution >= 0.6 is 0 Å². The van der Waals surface area contributed by atoms with Gasteiger partial charge in [0.1, 0.15) is 5.75 Å². The highest BCUT2D eigenvalue weighted by Gasteiger charge is 2.16. The van der Waals surface area contributed by atoms with Gasteiger partial charge in [-0.25, -0.2) is 0 Å². The molecule has 1 aliphatic carbocycles. The van der Waals surface area contributed by atoms with Gasteiger partial charge < -0.3 is 15.0 Å². The Kier molecular flexibility index (Phi) is 5.06. The van der Waals surface area contributed by atoms with Crippen molar-refractivity contribution in [1.82, 2.24) is 0 Å². The minimum atomic E-state index is 0.414. The summed E-state index contributed by atoms with van der Waals surface area (Å²) in [5.41, 5.74) is 3.59. The zero-order valence-electron chi connectivity index (χ0n) is 14.1. The molecule has 1 fully saturated rings. The van der Waals surface area contributed by atoms with Crippen LogP contribution in [0.3, 0.4) is 0 Å². The van der Waals surface area contributed by atoms with Crippen LogP contribution in [-0.2, 0) is 6.54 Å². The molecule has 0 radical (unpaired) electrons. The third-order valence-electron chi connectivity index (χ3n) is 4.38. The van der Waals surface area contributed by atoms with E-state index in [1.807, 2.05) is 0 Å². The first-order chi connectivity index (χ1) is 11.2. The van der Waals surface area contributed by atoms with E-state index in [-0.39, 0.29) is 0 Å². The monoisotopic (exact) mass is 310 g/mol. The zero-order chi connectivity index (χ0) is 16.1. The fraction of sp³-hybridized carbons (Fsp3) is 0.400. The van der Waals surface area contributed by atoms with Gasteiger partial charge in [0.15, 0.2) is 0 Å². The number of nitrogens with zero attached hydrogens (tertiary/aromatic N) is 1. The Bertz CT molecular complexity index is 616. The number of hydrogen-bond donors (Lipinski definition) is 1. The standard InChI is InChI=1S/C20H26N2O/c1-22(2)18-12-10-17(11-13-18)21-15-16-6-5-9-20(14-16)23-19-7-3-4-8-19/h5-6,9-14,19,21H,3-4,7-8,15H2,1-2H3. The zero-order valence-corrected chi connectivity index (χ0v) is 14.1. The Hall–Kier alpha value is -2.16. The number of benzene rings is 2. The first-order valence-corrected chi connectivity index (χ1v) is 8.47. The summed E-state index contributed by atoms with van der Waals surface area (Å²) in [4.78, 5) is 2.10. The minimum absolute atomic E-state index is 0.414. The van der Waals surface area contributed by atoms with Crippen molar-refractivity contribution in [1.29, 1.82) is 0 Å². The van der Waals surface area contributed by atoms with Crippen molar-refractivity contribution in [2.45, 2.75) is 38.3 Å². The van der Waals surface area contributed by atoms with E-state index >= 15 is 0 Å². The van der Waals surface area contributed by atoms with Crippen LogP contribution in [0, 0.1) is 0 Å². The normalized spacial score (nSPS) is 14.7. The molecule has 2 aromatic carbocycles. The Balaban J connectivity index is 1.57. The van der Waals surface area contributed by atoms with E-state index in [0.29, 0.717) is 6.10 Å². The molecule has 1 N–H and O–H groups in total. The van der Waals surface area contributed by atoms with Crippen LogP contribution < -0.4 is 15.0 Å². The summed E-state index contributed by atoms with van der Waals surface area (Å²) < 4.78 is 6.08. The maximum absolute atomic E-state index is 6.08. The average Bonchev–Trinajstić information content (AvgIpc) is 3.07. The summed E-state index contributed by atoms with van der Waals surface area (Å²) in [6, 6.07) is 16.9. The molecule has 1 saturated carbocycles. The fourth-order valence-corrected chi connectivity index (χ4v) is 3.01. The van der Waals surface area contributed by atoms with Gasteiger partial charge in [-0.3, -0.25) is 0 Å². The SMILES string of the molecule is CN(C)c1ccc(NCc2cccc(OC3CCCC3)c2)cc1. The van der Waals surface area contributed by atoms with E-state index in [4.69, 9.17) is 4.74 Å². The highest BCUT2D eigenvalue weighted by molar-refractivity contribution is 5.54. The molecule has 0 bridgehead atoms. The van der Waals surface area contributed by atoms with Crippen molar-refractivity contribution < 1.29 is 4.74 Å². The second kappa shape index (κ2) is 7.40. The van der Waals surface area contributed by atoms with Gasteiger partial charge in [0, 0.05) is 32.0 Å². The Morgan fingerprint density at radius 2 is 1.78 bits per heavy atom. The number of rotatable bonds is 6. The van der Waals surface area contributed by atoms with E-state index in [2.05, 4.69) is 72.8 Å². The lowest BCUT2D eigenvalue weighted by molar-refractivity contribution is 0.210. The minimum Gasteiger partial charge on any atom is -0.490 e. The summed E-state index contributed by atoms with van der Waals surface area (Å²) in [5.74, 6) is 0.999. The van der Waals surface area contributed by atoms with Gasteiger partial charge in [-0.05, 0) is 67.6 Å². The van der Waals surface area contributed by atoms with E-state index in [9.17, 15) is 0 Å². The van der Waals surface area contributed by atoms with Gasteiger partial charge >= 0.3 is 0 Å². The molecule has 1 aliphatic rings. The molecule has 2 aromatic rings. The predicted octanol–water partition coefficient (Wildman–Crippen LogP) is 4.69. The molecule has 0 atom stereocenters. The smallest absolute Gasteiger partial charge is 0.120 e. The maximum Gasteiger partial charge on any atom is 0.120 e. The predicted molar refractivity (Wildman–Crippen MR) is 97.4 cm³/mol. The molecule has 0 aliphatic heterocycles. The van der Waals surface area contributed by atoms with Crippen LogP contribution in [0.25, 0.3) is 0 Å². The molecule has 0 heterocycles. The summed E-state index contributed by atoms with van der Waals surface area (Å²) in [5, 5.41) is 3.47. The van der Waals surface area contributed by atoms with Crippen LogP contribution in [0.2, 0.25) is 0 Å². The number of nitrogens with one attached hydrogen (secondary N) is 1. The molecule has 0 amide bonds. The highest BCUT2D eigenvalue weighted by Crippen LogP contribution is 2.25. The number of hydrogen-bond acceptors (Lipinski definition) is 3. The fourth-order valence-electron chi connectivity index (χ4n) is 3.01. The number of anilines is 2. The summed E-state index contributed by atoms with van der Waals surface area (Å²) in [7, 11) is 4.11. The van der Waals surface area contributed by atoms with Crippen molar-refractivity contribution >= 4 is 11.4 Å². The van der Waals surface area contributed by atoms with Gasteiger partial charge in [0.2, 0.25) is 0 Å². The second-order valence-corrected chi connectivity index (χ2v) is 6.47. The molecule has 0 aromatic heterocycles. The third-order valence-corrected chi connectivity index (χ3v) is 4.38. The van der Waals surface area contributed by atoms with Gasteiger partial charge in [0.05, 0.1) is 6.10 Å². The van der Waals surface area contributed by atoms with Gasteiger partial charge in [0.25, 0.3) is 0 Å². The molecule has 0 spiro atoms. The van der Waals surface area contributed by atoms with Crippen LogP contribution in [0.5, 0.6) is 5.75 Å². The molecular formula is C20H26N2O. The Labute approximate surface area is 139 Å². The van der Waals surface area contributed by atoms with Crippen molar-refractivity contribution in [3.63, 3.8) is 0 Å². The summed E-state index contributed by atoms with van der Waals surface area (Å²) >= 11 is 0. The van der Waals surface area contributed by atoms with Gasteiger partial charge in [-0.1, -0.05) is 12.1 Å². The molecule has 3 nitrogen and oxygen atoms in total. The van der Waals surface area contributed by atoms with E-state index in [1.54, 1.807) is 0 Å². The van der Waals surface area contributed by atoms with Gasteiger partial charge in [-0.2, -0.15) is 0 Å². The third kappa shape index (κ3) is 4.41. The topological polar surface area (TPSA) is 24.5 Å². The Morgan fingerprint density at radius 1 is 1.04 bits per heavy atom. The molecule has 3 heteroatoms. The summed E-state index contributed by atoms with van der Waals surface area (Å²) in [6.07, 6.45) is 5.40. The average molecular weight is 310 g/mol. The molecule has 3 rings (SSSR count). The first kappa shape index (κ1) is 15.7. The molecule has 23 heavy (non-hydrogen) atoms. The molecular weight excluding hydrogens is 284 g/mol. The Morgan fingerprint density at radius 3 is 2.48 bits per heavy atom. The van der Waals surface area contributed by atoms with Crippen molar-refractivity contribution in [2.24, 2.45) is 0 Å². The van der Waals surface area contributed by atoms with E-state index < -0.39 is 0 Å². The van der Waals surface area contributed by atoms with E-state index in [1.165, 1.54) is 36.9 Å². The van der Waals surface area contributed by atoms with Crippen molar-refractivity contribution in [2.75, 3.05) is 24.3 Å². The lowest BCUT2D eigenvalue weighted by atomic mass is 10.2.